The molecule has 0 unspecified atom stereocenters. The quantitative estimate of drug-likeness (QED) is 0.507. The number of imidazole rings is 1. The largest absolute Gasteiger partial charge is 0.508 e. The van der Waals surface area contributed by atoms with Gasteiger partial charge in [-0.05, 0) is 24.3 Å². The molecule has 0 amide bonds. The second-order valence-electron chi connectivity index (χ2n) is 5.89. The highest BCUT2D eigenvalue weighted by molar-refractivity contribution is 5.67. The second-order valence-corrected chi connectivity index (χ2v) is 5.89. The lowest BCUT2D eigenvalue weighted by Crippen LogP contribution is -2.04. The van der Waals surface area contributed by atoms with Gasteiger partial charge in [0, 0.05) is 23.4 Å². The SMILES string of the molecule is Oc1ccc(-c2cnc3cnc(-c4cccc(C(F)(F)F)c4)cn23)c(F)c1. The molecule has 1 N–H and O–H groups in total. The summed E-state index contributed by atoms with van der Waals surface area (Å²) in [6.45, 7) is 0. The molecule has 27 heavy (non-hydrogen) atoms. The summed E-state index contributed by atoms with van der Waals surface area (Å²) in [4.78, 5) is 8.30. The van der Waals surface area contributed by atoms with Crippen molar-refractivity contribution < 1.29 is 22.7 Å². The zero-order valence-corrected chi connectivity index (χ0v) is 13.6. The van der Waals surface area contributed by atoms with E-state index in [1.165, 1.54) is 47.3 Å². The van der Waals surface area contributed by atoms with Gasteiger partial charge in [0.05, 0.1) is 29.3 Å². The first-order chi connectivity index (χ1) is 12.8. The molecule has 0 saturated carbocycles. The minimum absolute atomic E-state index is 0.196. The van der Waals surface area contributed by atoms with Crippen LogP contribution in [0.4, 0.5) is 17.6 Å². The van der Waals surface area contributed by atoms with Gasteiger partial charge in [-0.3, -0.25) is 9.38 Å². The van der Waals surface area contributed by atoms with E-state index in [4.69, 9.17) is 0 Å². The monoisotopic (exact) mass is 373 g/mol. The lowest BCUT2D eigenvalue weighted by Gasteiger charge is -2.09. The zero-order valence-electron chi connectivity index (χ0n) is 13.6. The number of rotatable bonds is 2. The van der Waals surface area contributed by atoms with E-state index in [1.807, 2.05) is 0 Å². The summed E-state index contributed by atoms with van der Waals surface area (Å²) in [6.07, 6.45) is -0.130. The third kappa shape index (κ3) is 3.10. The number of fused-ring (bicyclic) bond motifs is 1. The molecule has 2 aromatic heterocycles. The van der Waals surface area contributed by atoms with Gasteiger partial charge in [-0.25, -0.2) is 9.37 Å². The lowest BCUT2D eigenvalue weighted by atomic mass is 10.1. The second kappa shape index (κ2) is 6.08. The van der Waals surface area contributed by atoms with E-state index in [0.717, 1.165) is 18.2 Å². The van der Waals surface area contributed by atoms with Crippen molar-refractivity contribution in [3.05, 3.63) is 72.4 Å². The molecular formula is C19H11F4N3O. The first kappa shape index (κ1) is 17.0. The van der Waals surface area contributed by atoms with E-state index in [0.29, 0.717) is 11.3 Å². The number of aromatic nitrogens is 3. The van der Waals surface area contributed by atoms with E-state index in [9.17, 15) is 22.7 Å². The fourth-order valence-corrected chi connectivity index (χ4v) is 2.80. The maximum atomic E-state index is 14.2. The highest BCUT2D eigenvalue weighted by Crippen LogP contribution is 2.32. The third-order valence-electron chi connectivity index (χ3n) is 4.11. The van der Waals surface area contributed by atoms with Gasteiger partial charge in [0.1, 0.15) is 11.6 Å². The average Bonchev–Trinajstić information content (AvgIpc) is 3.04. The third-order valence-corrected chi connectivity index (χ3v) is 4.11. The number of benzene rings is 2. The molecule has 0 radical (unpaired) electrons. The highest BCUT2D eigenvalue weighted by Gasteiger charge is 2.30. The molecule has 0 aliphatic rings. The van der Waals surface area contributed by atoms with Gasteiger partial charge in [0.15, 0.2) is 5.65 Å². The number of hydrogen-bond donors (Lipinski definition) is 1. The van der Waals surface area contributed by atoms with Crippen molar-refractivity contribution in [1.82, 2.24) is 14.4 Å². The van der Waals surface area contributed by atoms with Crippen LogP contribution in [0.3, 0.4) is 0 Å². The summed E-state index contributed by atoms with van der Waals surface area (Å²) >= 11 is 0. The minimum atomic E-state index is -4.46. The molecule has 0 bridgehead atoms. The molecule has 4 aromatic rings. The Morgan fingerprint density at radius 1 is 0.963 bits per heavy atom. The molecule has 0 saturated heterocycles. The van der Waals surface area contributed by atoms with Gasteiger partial charge in [0.25, 0.3) is 0 Å². The Bertz CT molecular complexity index is 1150. The maximum absolute atomic E-state index is 14.2. The lowest BCUT2D eigenvalue weighted by molar-refractivity contribution is -0.137. The molecule has 4 nitrogen and oxygen atoms in total. The molecule has 2 aromatic carbocycles. The number of nitrogens with zero attached hydrogens (tertiary/aromatic N) is 3. The average molecular weight is 373 g/mol. The van der Waals surface area contributed by atoms with Gasteiger partial charge in [-0.15, -0.1) is 0 Å². The maximum Gasteiger partial charge on any atom is 0.416 e. The van der Waals surface area contributed by atoms with Gasteiger partial charge < -0.3 is 5.11 Å². The van der Waals surface area contributed by atoms with Crippen LogP contribution < -0.4 is 0 Å². The van der Waals surface area contributed by atoms with E-state index >= 15 is 0 Å². The zero-order chi connectivity index (χ0) is 19.2. The molecule has 0 spiro atoms. The Morgan fingerprint density at radius 2 is 1.78 bits per heavy atom. The summed E-state index contributed by atoms with van der Waals surface area (Å²) in [5.41, 5.74) is 0.773. The predicted octanol–water partition coefficient (Wildman–Crippen LogP) is 4.93. The summed E-state index contributed by atoms with van der Waals surface area (Å²) < 4.78 is 54.6. The van der Waals surface area contributed by atoms with Crippen molar-refractivity contribution in [3.8, 4) is 28.3 Å². The first-order valence-electron chi connectivity index (χ1n) is 7.82. The summed E-state index contributed by atoms with van der Waals surface area (Å²) in [7, 11) is 0. The smallest absolute Gasteiger partial charge is 0.416 e. The summed E-state index contributed by atoms with van der Waals surface area (Å²) in [5.74, 6) is -0.856. The van der Waals surface area contributed by atoms with E-state index in [1.54, 1.807) is 0 Å². The van der Waals surface area contributed by atoms with Crippen molar-refractivity contribution in [2.45, 2.75) is 6.18 Å². The Labute approximate surface area is 150 Å². The molecule has 0 aliphatic heterocycles. The Balaban J connectivity index is 1.86. The van der Waals surface area contributed by atoms with E-state index in [2.05, 4.69) is 9.97 Å². The molecular weight excluding hydrogens is 362 g/mol. The molecule has 136 valence electrons. The van der Waals surface area contributed by atoms with Crippen LogP contribution >= 0.6 is 0 Å². The van der Waals surface area contributed by atoms with Crippen molar-refractivity contribution in [2.75, 3.05) is 0 Å². The summed E-state index contributed by atoms with van der Waals surface area (Å²) in [5, 5.41) is 9.37. The van der Waals surface area contributed by atoms with Crippen LogP contribution in [0.5, 0.6) is 5.75 Å². The van der Waals surface area contributed by atoms with Gasteiger partial charge >= 0.3 is 6.18 Å². The van der Waals surface area contributed by atoms with Crippen LogP contribution in [0.25, 0.3) is 28.2 Å². The Hall–Kier alpha value is -3.42. The molecule has 2 heterocycles. The molecule has 0 fully saturated rings. The van der Waals surface area contributed by atoms with E-state index in [-0.39, 0.29) is 22.6 Å². The van der Waals surface area contributed by atoms with Gasteiger partial charge in [-0.2, -0.15) is 13.2 Å². The van der Waals surface area contributed by atoms with Gasteiger partial charge in [-0.1, -0.05) is 12.1 Å². The van der Waals surface area contributed by atoms with Crippen molar-refractivity contribution in [1.29, 1.82) is 0 Å². The van der Waals surface area contributed by atoms with Crippen LogP contribution in [-0.2, 0) is 6.18 Å². The fraction of sp³-hybridized carbons (Fsp3) is 0.0526. The first-order valence-corrected chi connectivity index (χ1v) is 7.82. The van der Waals surface area contributed by atoms with Crippen molar-refractivity contribution in [2.24, 2.45) is 0 Å². The number of alkyl halides is 3. The number of hydrogen-bond acceptors (Lipinski definition) is 3. The fourth-order valence-electron chi connectivity index (χ4n) is 2.80. The van der Waals surface area contributed by atoms with Crippen LogP contribution in [0.2, 0.25) is 0 Å². The molecule has 0 aliphatic carbocycles. The highest BCUT2D eigenvalue weighted by atomic mass is 19.4. The molecule has 4 rings (SSSR count). The normalized spacial score (nSPS) is 11.9. The van der Waals surface area contributed by atoms with Crippen LogP contribution in [0, 0.1) is 5.82 Å². The van der Waals surface area contributed by atoms with Gasteiger partial charge in [0.2, 0.25) is 0 Å². The summed E-state index contributed by atoms with van der Waals surface area (Å²) in [6, 6.07) is 8.52. The van der Waals surface area contributed by atoms with E-state index < -0.39 is 17.6 Å². The number of aromatic hydroxyl groups is 1. The topological polar surface area (TPSA) is 50.4 Å². The Morgan fingerprint density at radius 3 is 2.52 bits per heavy atom. The van der Waals surface area contributed by atoms with Crippen LogP contribution in [0.15, 0.2) is 61.1 Å². The van der Waals surface area contributed by atoms with Crippen molar-refractivity contribution >= 4 is 5.65 Å². The molecule has 8 heteroatoms. The standard InChI is InChI=1S/C19H11F4N3O/c20-15-7-13(27)4-5-14(15)17-8-25-18-9-24-16(10-26(17)18)11-2-1-3-12(6-11)19(21,22)23/h1-10,27H. The Kier molecular flexibility index (Phi) is 3.83. The minimum Gasteiger partial charge on any atom is -0.508 e. The predicted molar refractivity (Wildman–Crippen MR) is 90.5 cm³/mol. The number of phenolic OH excluding ortho intramolecular Hbond substituents is 1. The van der Waals surface area contributed by atoms with Crippen LogP contribution in [-0.4, -0.2) is 19.5 Å². The van der Waals surface area contributed by atoms with Crippen molar-refractivity contribution in [3.63, 3.8) is 0 Å². The number of phenols is 1. The molecule has 0 atom stereocenters. The van der Waals surface area contributed by atoms with Crippen LogP contribution in [0.1, 0.15) is 5.56 Å². The number of halogens is 4.